The second-order valence-corrected chi connectivity index (χ2v) is 5.86. The molecule has 0 aromatic heterocycles. The summed E-state index contributed by atoms with van der Waals surface area (Å²) in [6.45, 7) is 5.91. The second kappa shape index (κ2) is 8.32. The molecule has 0 unspecified atom stereocenters. The van der Waals surface area contributed by atoms with E-state index in [1.165, 1.54) is 17.0 Å². The molecule has 9 nitrogen and oxygen atoms in total. The lowest BCUT2D eigenvalue weighted by molar-refractivity contribution is 0.0609. The molecule has 1 heterocycles. The van der Waals surface area contributed by atoms with Crippen molar-refractivity contribution in [1.82, 2.24) is 15.5 Å². The van der Waals surface area contributed by atoms with Gasteiger partial charge in [-0.1, -0.05) is 0 Å². The molecule has 0 atom stereocenters. The van der Waals surface area contributed by atoms with E-state index in [-0.39, 0.29) is 43.1 Å². The number of amides is 5. The highest BCUT2D eigenvalue weighted by molar-refractivity contribution is 6.22. The van der Waals surface area contributed by atoms with Crippen LogP contribution in [0.25, 0.3) is 0 Å². The summed E-state index contributed by atoms with van der Waals surface area (Å²) in [5.74, 6) is -0.705. The molecular formula is C17H22N4O5. The Labute approximate surface area is 151 Å². The van der Waals surface area contributed by atoms with Crippen LogP contribution in [0.15, 0.2) is 18.2 Å². The predicted molar refractivity (Wildman–Crippen MR) is 94.1 cm³/mol. The van der Waals surface area contributed by atoms with Crippen molar-refractivity contribution in [3.63, 3.8) is 0 Å². The van der Waals surface area contributed by atoms with Crippen molar-refractivity contribution in [2.24, 2.45) is 0 Å². The minimum absolute atomic E-state index is 0.203. The molecular weight excluding hydrogens is 340 g/mol. The van der Waals surface area contributed by atoms with Crippen LogP contribution in [0.3, 0.4) is 0 Å². The molecule has 1 aliphatic rings. The van der Waals surface area contributed by atoms with Crippen molar-refractivity contribution in [2.45, 2.75) is 26.8 Å². The number of carbonyl (C=O) groups excluding carboxylic acids is 4. The molecule has 9 heteroatoms. The zero-order chi connectivity index (χ0) is 19.3. The van der Waals surface area contributed by atoms with E-state index in [9.17, 15) is 19.2 Å². The first kappa shape index (κ1) is 19.2. The number of hydrogen-bond donors (Lipinski definition) is 3. The molecule has 1 aromatic carbocycles. The van der Waals surface area contributed by atoms with Crippen molar-refractivity contribution in [2.75, 3.05) is 25.0 Å². The van der Waals surface area contributed by atoms with Gasteiger partial charge < -0.3 is 20.7 Å². The summed E-state index contributed by atoms with van der Waals surface area (Å²) in [6.07, 6.45) is -0.550. The number of nitrogens with zero attached hydrogens (tertiary/aromatic N) is 1. The predicted octanol–water partition coefficient (Wildman–Crippen LogP) is 1.56. The van der Waals surface area contributed by atoms with Crippen LogP contribution in [0, 0.1) is 0 Å². The van der Waals surface area contributed by atoms with Gasteiger partial charge >= 0.3 is 12.1 Å². The van der Waals surface area contributed by atoms with Crippen LogP contribution in [-0.4, -0.2) is 54.6 Å². The van der Waals surface area contributed by atoms with Gasteiger partial charge in [-0.2, -0.15) is 0 Å². The standard InChI is InChI=1S/C17H22N4O5/c1-4-26-17(25)19-8-7-18-16(24)20-11-5-6-12-13(9-11)15(23)21(10(2)3)14(12)22/h5-6,9-10H,4,7-8H2,1-3H3,(H,19,25)(H2,18,20,24). The lowest BCUT2D eigenvalue weighted by Gasteiger charge is -2.17. The van der Waals surface area contributed by atoms with Gasteiger partial charge in [-0.25, -0.2) is 9.59 Å². The van der Waals surface area contributed by atoms with Crippen LogP contribution in [0.5, 0.6) is 0 Å². The Morgan fingerprint density at radius 3 is 2.38 bits per heavy atom. The SMILES string of the molecule is CCOC(=O)NCCNC(=O)Nc1ccc2c(c1)C(=O)N(C(C)C)C2=O. The van der Waals surface area contributed by atoms with E-state index in [4.69, 9.17) is 0 Å². The molecule has 1 aliphatic heterocycles. The summed E-state index contributed by atoms with van der Waals surface area (Å²) in [5, 5.41) is 7.62. The number of anilines is 1. The summed E-state index contributed by atoms with van der Waals surface area (Å²) in [5.41, 5.74) is 0.991. The molecule has 1 aromatic rings. The maximum absolute atomic E-state index is 12.3. The largest absolute Gasteiger partial charge is 0.450 e. The zero-order valence-corrected chi connectivity index (χ0v) is 14.9. The van der Waals surface area contributed by atoms with E-state index in [2.05, 4.69) is 20.7 Å². The maximum Gasteiger partial charge on any atom is 0.407 e. The molecule has 2 rings (SSSR count). The highest BCUT2D eigenvalue weighted by Crippen LogP contribution is 2.27. The number of urea groups is 1. The Hall–Kier alpha value is -3.10. The van der Waals surface area contributed by atoms with Gasteiger partial charge in [0, 0.05) is 24.8 Å². The first-order valence-electron chi connectivity index (χ1n) is 8.32. The van der Waals surface area contributed by atoms with Crippen LogP contribution >= 0.6 is 0 Å². The van der Waals surface area contributed by atoms with Crippen molar-refractivity contribution >= 4 is 29.6 Å². The Bertz CT molecular complexity index is 732. The van der Waals surface area contributed by atoms with Crippen LogP contribution in [0.4, 0.5) is 15.3 Å². The molecule has 3 N–H and O–H groups in total. The lowest BCUT2D eigenvalue weighted by atomic mass is 10.1. The maximum atomic E-state index is 12.3. The van der Waals surface area contributed by atoms with E-state index in [1.54, 1.807) is 26.8 Å². The molecule has 0 aliphatic carbocycles. The molecule has 26 heavy (non-hydrogen) atoms. The highest BCUT2D eigenvalue weighted by Gasteiger charge is 2.37. The fourth-order valence-corrected chi connectivity index (χ4v) is 2.50. The molecule has 0 bridgehead atoms. The van der Waals surface area contributed by atoms with Gasteiger partial charge in [0.05, 0.1) is 17.7 Å². The summed E-state index contributed by atoms with van der Waals surface area (Å²) in [6, 6.07) is 3.83. The third-order valence-electron chi connectivity index (χ3n) is 3.65. The van der Waals surface area contributed by atoms with Crippen molar-refractivity contribution in [1.29, 1.82) is 0 Å². The average molecular weight is 362 g/mol. The Morgan fingerprint density at radius 1 is 1.08 bits per heavy atom. The third kappa shape index (κ3) is 4.29. The van der Waals surface area contributed by atoms with Gasteiger partial charge in [-0.15, -0.1) is 0 Å². The van der Waals surface area contributed by atoms with Gasteiger partial charge in [0.25, 0.3) is 11.8 Å². The molecule has 0 fully saturated rings. The molecule has 0 spiro atoms. The summed E-state index contributed by atoms with van der Waals surface area (Å²) in [4.78, 5) is 48.7. The third-order valence-corrected chi connectivity index (χ3v) is 3.65. The normalized spacial score (nSPS) is 12.8. The van der Waals surface area contributed by atoms with E-state index in [0.717, 1.165) is 0 Å². The monoisotopic (exact) mass is 362 g/mol. The number of benzene rings is 1. The van der Waals surface area contributed by atoms with Crippen LogP contribution < -0.4 is 16.0 Å². The quantitative estimate of drug-likeness (QED) is 0.524. The Morgan fingerprint density at radius 2 is 1.73 bits per heavy atom. The smallest absolute Gasteiger partial charge is 0.407 e. The average Bonchev–Trinajstić information content (AvgIpc) is 2.82. The van der Waals surface area contributed by atoms with Gasteiger partial charge in [-0.05, 0) is 39.0 Å². The van der Waals surface area contributed by atoms with Gasteiger partial charge in [0.15, 0.2) is 0 Å². The molecule has 140 valence electrons. The topological polar surface area (TPSA) is 117 Å². The first-order valence-corrected chi connectivity index (χ1v) is 8.32. The molecule has 0 saturated heterocycles. The fraction of sp³-hybridized carbons (Fsp3) is 0.412. The Kier molecular flexibility index (Phi) is 6.16. The summed E-state index contributed by atoms with van der Waals surface area (Å²) in [7, 11) is 0. The summed E-state index contributed by atoms with van der Waals surface area (Å²) >= 11 is 0. The van der Waals surface area contributed by atoms with Crippen molar-refractivity contribution in [3.8, 4) is 0 Å². The van der Waals surface area contributed by atoms with Gasteiger partial charge in [0.1, 0.15) is 0 Å². The second-order valence-electron chi connectivity index (χ2n) is 5.86. The van der Waals surface area contributed by atoms with E-state index >= 15 is 0 Å². The van der Waals surface area contributed by atoms with E-state index < -0.39 is 12.1 Å². The first-order chi connectivity index (χ1) is 12.3. The number of alkyl carbamates (subject to hydrolysis) is 1. The number of fused-ring (bicyclic) bond motifs is 1. The number of nitrogens with one attached hydrogen (secondary N) is 3. The van der Waals surface area contributed by atoms with Crippen LogP contribution in [0.1, 0.15) is 41.5 Å². The Balaban J connectivity index is 1.90. The molecule has 0 radical (unpaired) electrons. The number of hydrogen-bond acceptors (Lipinski definition) is 5. The highest BCUT2D eigenvalue weighted by atomic mass is 16.5. The number of imide groups is 1. The van der Waals surface area contributed by atoms with E-state index in [0.29, 0.717) is 11.3 Å². The number of rotatable bonds is 6. The number of carbonyl (C=O) groups is 4. The summed E-state index contributed by atoms with van der Waals surface area (Å²) < 4.78 is 4.69. The van der Waals surface area contributed by atoms with Crippen molar-refractivity contribution in [3.05, 3.63) is 29.3 Å². The minimum atomic E-state index is -0.550. The molecule has 0 saturated carbocycles. The van der Waals surface area contributed by atoms with Gasteiger partial charge in [0.2, 0.25) is 0 Å². The minimum Gasteiger partial charge on any atom is -0.450 e. The lowest BCUT2D eigenvalue weighted by Crippen LogP contribution is -2.37. The fourth-order valence-electron chi connectivity index (χ4n) is 2.50. The van der Waals surface area contributed by atoms with Gasteiger partial charge in [-0.3, -0.25) is 14.5 Å². The van der Waals surface area contributed by atoms with Crippen LogP contribution in [0.2, 0.25) is 0 Å². The number of ether oxygens (including phenoxy) is 1. The molecule has 5 amide bonds. The van der Waals surface area contributed by atoms with Crippen molar-refractivity contribution < 1.29 is 23.9 Å². The van der Waals surface area contributed by atoms with Crippen LogP contribution in [-0.2, 0) is 4.74 Å². The van der Waals surface area contributed by atoms with E-state index in [1.807, 2.05) is 0 Å². The zero-order valence-electron chi connectivity index (χ0n) is 14.9.